The van der Waals surface area contributed by atoms with Crippen LogP contribution in [-0.4, -0.2) is 14.3 Å². The molecule has 0 bridgehead atoms. The van der Waals surface area contributed by atoms with Crippen LogP contribution in [0.25, 0.3) is 0 Å². The molecule has 5 nitrogen and oxygen atoms in total. The summed E-state index contributed by atoms with van der Waals surface area (Å²) in [7, 11) is -3.64. The van der Waals surface area contributed by atoms with E-state index < -0.39 is 27.3 Å². The second-order valence-corrected chi connectivity index (χ2v) is 7.77. The molecule has 1 N–H and O–H groups in total. The van der Waals surface area contributed by atoms with E-state index in [1.54, 1.807) is 31.2 Å². The molecule has 0 unspecified atom stereocenters. The van der Waals surface area contributed by atoms with Crippen LogP contribution in [0.2, 0.25) is 0 Å². The number of sulfone groups is 1. The number of halogens is 1. The number of carbonyl (C=O) groups is 1. The number of furan rings is 1. The highest BCUT2D eigenvalue weighted by atomic mass is 32.2. The maximum Gasteiger partial charge on any atom is 0.291 e. The summed E-state index contributed by atoms with van der Waals surface area (Å²) in [6.45, 7) is 1.76. The Balaban J connectivity index is 1.84. The molecule has 1 aromatic heterocycles. The second kappa shape index (κ2) is 7.13. The number of hydrogen-bond donors (Lipinski definition) is 1. The van der Waals surface area contributed by atoms with Crippen molar-refractivity contribution in [2.75, 3.05) is 5.32 Å². The van der Waals surface area contributed by atoms with E-state index in [-0.39, 0.29) is 21.9 Å². The number of nitrogens with one attached hydrogen (secondary N) is 1. The SMILES string of the molecule is Cc1ccc(F)c(NC(=O)c2occc2CS(=O)(=O)c2ccccc2)c1. The third-order valence-corrected chi connectivity index (χ3v) is 5.45. The van der Waals surface area contributed by atoms with Gasteiger partial charge >= 0.3 is 0 Å². The van der Waals surface area contributed by atoms with E-state index >= 15 is 0 Å². The van der Waals surface area contributed by atoms with Crippen molar-refractivity contribution in [1.82, 2.24) is 0 Å². The largest absolute Gasteiger partial charge is 0.459 e. The molecular formula is C19H16FNO4S. The Labute approximate surface area is 150 Å². The van der Waals surface area contributed by atoms with Crippen LogP contribution < -0.4 is 5.32 Å². The predicted molar refractivity (Wildman–Crippen MR) is 95.1 cm³/mol. The Morgan fingerprint density at radius 3 is 2.58 bits per heavy atom. The molecule has 0 saturated heterocycles. The first kappa shape index (κ1) is 17.9. The lowest BCUT2D eigenvalue weighted by Crippen LogP contribution is -2.15. The Morgan fingerprint density at radius 1 is 1.12 bits per heavy atom. The molecule has 0 spiro atoms. The van der Waals surface area contributed by atoms with Crippen molar-refractivity contribution >= 4 is 21.4 Å². The lowest BCUT2D eigenvalue weighted by Gasteiger charge is -2.08. The van der Waals surface area contributed by atoms with Gasteiger partial charge in [-0.25, -0.2) is 12.8 Å². The van der Waals surface area contributed by atoms with Crippen LogP contribution in [0.4, 0.5) is 10.1 Å². The number of carbonyl (C=O) groups excluding carboxylic acids is 1. The molecule has 0 atom stereocenters. The average Bonchev–Trinajstić information content (AvgIpc) is 3.06. The number of aryl methyl sites for hydroxylation is 1. The highest BCUT2D eigenvalue weighted by Crippen LogP contribution is 2.22. The quantitative estimate of drug-likeness (QED) is 0.735. The smallest absolute Gasteiger partial charge is 0.291 e. The van der Waals surface area contributed by atoms with Crippen molar-refractivity contribution in [1.29, 1.82) is 0 Å². The van der Waals surface area contributed by atoms with E-state index in [4.69, 9.17) is 4.42 Å². The van der Waals surface area contributed by atoms with Gasteiger partial charge in [0.25, 0.3) is 5.91 Å². The van der Waals surface area contributed by atoms with Gasteiger partial charge in [-0.05, 0) is 42.8 Å². The van der Waals surface area contributed by atoms with E-state index in [0.717, 1.165) is 5.56 Å². The molecule has 1 heterocycles. The first-order chi connectivity index (χ1) is 12.4. The summed E-state index contributed by atoms with van der Waals surface area (Å²) >= 11 is 0. The molecule has 0 radical (unpaired) electrons. The third kappa shape index (κ3) is 3.83. The Hall–Kier alpha value is -2.93. The zero-order chi connectivity index (χ0) is 18.7. The fourth-order valence-electron chi connectivity index (χ4n) is 2.48. The van der Waals surface area contributed by atoms with Crippen molar-refractivity contribution in [3.05, 3.63) is 83.6 Å². The summed E-state index contributed by atoms with van der Waals surface area (Å²) in [6, 6.07) is 13.6. The summed E-state index contributed by atoms with van der Waals surface area (Å²) in [6.07, 6.45) is 1.23. The molecule has 0 aliphatic rings. The van der Waals surface area contributed by atoms with E-state index in [1.807, 2.05) is 0 Å². The van der Waals surface area contributed by atoms with Gasteiger partial charge < -0.3 is 9.73 Å². The molecule has 0 aliphatic carbocycles. The zero-order valence-electron chi connectivity index (χ0n) is 13.9. The molecule has 0 aliphatic heterocycles. The van der Waals surface area contributed by atoms with Crippen molar-refractivity contribution in [2.24, 2.45) is 0 Å². The van der Waals surface area contributed by atoms with Crippen molar-refractivity contribution in [2.45, 2.75) is 17.6 Å². The van der Waals surface area contributed by atoms with E-state index in [1.165, 1.54) is 36.6 Å². The van der Waals surface area contributed by atoms with Crippen LogP contribution in [-0.2, 0) is 15.6 Å². The van der Waals surface area contributed by atoms with E-state index in [9.17, 15) is 17.6 Å². The van der Waals surface area contributed by atoms with Gasteiger partial charge in [-0.3, -0.25) is 4.79 Å². The number of hydrogen-bond acceptors (Lipinski definition) is 4. The maximum atomic E-state index is 13.8. The highest BCUT2D eigenvalue weighted by molar-refractivity contribution is 7.90. The number of rotatable bonds is 5. The van der Waals surface area contributed by atoms with Gasteiger partial charge in [0, 0.05) is 5.56 Å². The standard InChI is InChI=1S/C19H16FNO4S/c1-13-7-8-16(20)17(11-13)21-19(22)18-14(9-10-25-18)12-26(23,24)15-5-3-2-4-6-15/h2-11H,12H2,1H3,(H,21,22). The fraction of sp³-hybridized carbons (Fsp3) is 0.105. The Bertz CT molecular complexity index is 1040. The lowest BCUT2D eigenvalue weighted by molar-refractivity contribution is 0.0995. The van der Waals surface area contributed by atoms with Gasteiger partial charge in [-0.15, -0.1) is 0 Å². The predicted octanol–water partition coefficient (Wildman–Crippen LogP) is 3.95. The summed E-state index contributed by atoms with van der Waals surface area (Å²) in [5.41, 5.74) is 0.982. The summed E-state index contributed by atoms with van der Waals surface area (Å²) in [5.74, 6) is -1.86. The second-order valence-electron chi connectivity index (χ2n) is 5.78. The van der Waals surface area contributed by atoms with Gasteiger partial charge in [0.1, 0.15) is 5.82 Å². The monoisotopic (exact) mass is 373 g/mol. The van der Waals surface area contributed by atoms with Gasteiger partial charge in [0.05, 0.1) is 22.6 Å². The van der Waals surface area contributed by atoms with E-state index in [2.05, 4.69) is 5.32 Å². The summed E-state index contributed by atoms with van der Waals surface area (Å²) < 4.78 is 44.0. The van der Waals surface area contributed by atoms with Crippen LogP contribution in [0.1, 0.15) is 21.7 Å². The van der Waals surface area contributed by atoms with Crippen molar-refractivity contribution in [3.63, 3.8) is 0 Å². The number of anilines is 1. The minimum absolute atomic E-state index is 0.00302. The van der Waals surface area contributed by atoms with Gasteiger partial charge in [0.2, 0.25) is 0 Å². The first-order valence-electron chi connectivity index (χ1n) is 7.78. The van der Waals surface area contributed by atoms with Gasteiger partial charge in [-0.2, -0.15) is 0 Å². The third-order valence-electron chi connectivity index (χ3n) is 3.77. The maximum absolute atomic E-state index is 13.8. The Morgan fingerprint density at radius 2 is 1.85 bits per heavy atom. The molecule has 26 heavy (non-hydrogen) atoms. The van der Waals surface area contributed by atoms with Crippen LogP contribution in [0.3, 0.4) is 0 Å². The zero-order valence-corrected chi connectivity index (χ0v) is 14.7. The molecule has 1 amide bonds. The molecule has 2 aromatic carbocycles. The molecule has 0 saturated carbocycles. The molecule has 134 valence electrons. The molecule has 3 aromatic rings. The van der Waals surface area contributed by atoms with Gasteiger partial charge in [-0.1, -0.05) is 24.3 Å². The minimum Gasteiger partial charge on any atom is -0.459 e. The van der Waals surface area contributed by atoms with Crippen LogP contribution in [0, 0.1) is 12.7 Å². The van der Waals surface area contributed by atoms with Crippen LogP contribution in [0.5, 0.6) is 0 Å². The normalized spacial score (nSPS) is 11.3. The number of benzene rings is 2. The molecular weight excluding hydrogens is 357 g/mol. The average molecular weight is 373 g/mol. The molecule has 7 heteroatoms. The van der Waals surface area contributed by atoms with Gasteiger partial charge in [0.15, 0.2) is 15.6 Å². The first-order valence-corrected chi connectivity index (χ1v) is 9.44. The van der Waals surface area contributed by atoms with Crippen molar-refractivity contribution < 1.29 is 22.0 Å². The number of amides is 1. The topological polar surface area (TPSA) is 76.4 Å². The highest BCUT2D eigenvalue weighted by Gasteiger charge is 2.23. The molecule has 3 rings (SSSR count). The molecule has 0 fully saturated rings. The Kier molecular flexibility index (Phi) is 4.90. The van der Waals surface area contributed by atoms with Crippen LogP contribution >= 0.6 is 0 Å². The fourth-order valence-corrected chi connectivity index (χ4v) is 3.85. The summed E-state index contributed by atoms with van der Waals surface area (Å²) in [5, 5.41) is 2.42. The summed E-state index contributed by atoms with van der Waals surface area (Å²) in [4.78, 5) is 12.6. The lowest BCUT2D eigenvalue weighted by atomic mass is 10.2. The van der Waals surface area contributed by atoms with Crippen molar-refractivity contribution in [3.8, 4) is 0 Å². The van der Waals surface area contributed by atoms with E-state index in [0.29, 0.717) is 0 Å². The van der Waals surface area contributed by atoms with Crippen LogP contribution in [0.15, 0.2) is 70.2 Å². The minimum atomic E-state index is -3.64.